The molecule has 0 radical (unpaired) electrons. The molecule has 0 amide bonds. The number of hydrogen-bond donors (Lipinski definition) is 0. The average molecular weight is 198 g/mol. The zero-order valence-corrected chi connectivity index (χ0v) is 9.53. The molecule has 0 N–H and O–H groups in total. The third-order valence-corrected chi connectivity index (χ3v) is 2.19. The Labute approximate surface area is 92.3 Å². The minimum Gasteiger partial charge on any atom is -0.103 e. The van der Waals surface area contributed by atoms with Crippen LogP contribution in [-0.2, 0) is 0 Å². The van der Waals surface area contributed by atoms with Crippen LogP contribution in [0.3, 0.4) is 0 Å². The molecule has 0 saturated carbocycles. The molecule has 0 fully saturated rings. The Morgan fingerprint density at radius 3 is 2.27 bits per heavy atom. The summed E-state index contributed by atoms with van der Waals surface area (Å²) in [5, 5.41) is 2.64. The fourth-order valence-corrected chi connectivity index (χ4v) is 1.31. The molecule has 0 bridgehead atoms. The molecule has 0 aliphatic carbocycles. The Morgan fingerprint density at radius 2 is 1.67 bits per heavy atom. The van der Waals surface area contributed by atoms with Gasteiger partial charge in [-0.1, -0.05) is 61.0 Å². The maximum atomic E-state index is 3.48. The molecule has 0 spiro atoms. The Balaban J connectivity index is 0.000000245. The summed E-state index contributed by atoms with van der Waals surface area (Å²) < 4.78 is 0. The van der Waals surface area contributed by atoms with Crippen LogP contribution in [0.15, 0.2) is 55.1 Å². The van der Waals surface area contributed by atoms with Gasteiger partial charge in [0, 0.05) is 0 Å². The van der Waals surface area contributed by atoms with Gasteiger partial charge in [0.1, 0.15) is 0 Å². The fraction of sp³-hybridized carbons (Fsp3) is 0.200. The Kier molecular flexibility index (Phi) is 4.62. The quantitative estimate of drug-likeness (QED) is 0.581. The van der Waals surface area contributed by atoms with Crippen molar-refractivity contribution in [1.29, 1.82) is 0 Å². The van der Waals surface area contributed by atoms with Gasteiger partial charge in [-0.25, -0.2) is 0 Å². The molecule has 2 aromatic carbocycles. The van der Waals surface area contributed by atoms with Crippen molar-refractivity contribution in [2.75, 3.05) is 0 Å². The lowest BCUT2D eigenvalue weighted by atomic mass is 10.1. The molecule has 78 valence electrons. The molecule has 0 heterocycles. The number of benzene rings is 2. The maximum Gasteiger partial charge on any atom is -0.0181 e. The van der Waals surface area contributed by atoms with Gasteiger partial charge in [0.05, 0.1) is 0 Å². The first kappa shape index (κ1) is 11.5. The van der Waals surface area contributed by atoms with E-state index in [0.717, 1.165) is 6.42 Å². The molecule has 2 aromatic rings. The molecule has 15 heavy (non-hydrogen) atoms. The molecule has 0 unspecified atom stereocenters. The summed E-state index contributed by atoms with van der Waals surface area (Å²) >= 11 is 0. The predicted molar refractivity (Wildman–Crippen MR) is 69.2 cm³/mol. The van der Waals surface area contributed by atoms with Crippen molar-refractivity contribution in [1.82, 2.24) is 0 Å². The van der Waals surface area contributed by atoms with E-state index in [1.807, 2.05) is 6.08 Å². The largest absolute Gasteiger partial charge is 0.103 e. The predicted octanol–water partition coefficient (Wildman–Crippen LogP) is 4.73. The second kappa shape index (κ2) is 6.02. The molecular formula is C15H18. The molecular weight excluding hydrogens is 180 g/mol. The highest BCUT2D eigenvalue weighted by Gasteiger charge is 1.89. The zero-order valence-electron chi connectivity index (χ0n) is 9.53. The van der Waals surface area contributed by atoms with Crippen molar-refractivity contribution in [2.24, 2.45) is 0 Å². The van der Waals surface area contributed by atoms with Crippen LogP contribution in [-0.4, -0.2) is 0 Å². The van der Waals surface area contributed by atoms with Crippen LogP contribution in [0.4, 0.5) is 0 Å². The Bertz CT molecular complexity index is 427. The van der Waals surface area contributed by atoms with Crippen LogP contribution in [0, 0.1) is 6.92 Å². The zero-order chi connectivity index (χ0) is 11.1. The molecule has 0 saturated heterocycles. The van der Waals surface area contributed by atoms with Crippen molar-refractivity contribution in [3.63, 3.8) is 0 Å². The van der Waals surface area contributed by atoms with Crippen molar-refractivity contribution < 1.29 is 0 Å². The number of hydrogen-bond acceptors (Lipinski definition) is 0. The van der Waals surface area contributed by atoms with Crippen LogP contribution >= 0.6 is 0 Å². The van der Waals surface area contributed by atoms with E-state index in [1.54, 1.807) is 0 Å². The number of fused-ring (bicyclic) bond motifs is 1. The normalized spacial score (nSPS) is 9.20. The monoisotopic (exact) mass is 198 g/mol. The standard InChI is InChI=1S/C11H10.C4H8/c1-9-6-7-10-4-2-3-5-11(10)8-9;1-3-4-2/h2-8H,1H3;3H,1,4H2,2H3. The number of aryl methyl sites for hydroxylation is 1. The fourth-order valence-electron chi connectivity index (χ4n) is 1.31. The van der Waals surface area contributed by atoms with Crippen LogP contribution < -0.4 is 0 Å². The molecule has 0 nitrogen and oxygen atoms in total. The molecule has 0 atom stereocenters. The molecule has 0 aliphatic heterocycles. The SMILES string of the molecule is C=CCC.Cc1ccc2ccccc2c1. The van der Waals surface area contributed by atoms with Crippen molar-refractivity contribution >= 4 is 10.8 Å². The lowest BCUT2D eigenvalue weighted by Gasteiger charge is -1.96. The van der Waals surface area contributed by atoms with Gasteiger partial charge < -0.3 is 0 Å². The number of rotatable bonds is 1. The summed E-state index contributed by atoms with van der Waals surface area (Å²) in [6, 6.07) is 14.9. The van der Waals surface area contributed by atoms with Crippen LogP contribution in [0.25, 0.3) is 10.8 Å². The van der Waals surface area contributed by atoms with E-state index >= 15 is 0 Å². The summed E-state index contributed by atoms with van der Waals surface area (Å²) in [6.45, 7) is 7.66. The first-order valence-corrected chi connectivity index (χ1v) is 5.34. The second-order valence-electron chi connectivity index (χ2n) is 3.55. The lowest BCUT2D eigenvalue weighted by Crippen LogP contribution is -1.73. The van der Waals surface area contributed by atoms with Crippen LogP contribution in [0.2, 0.25) is 0 Å². The van der Waals surface area contributed by atoms with Crippen molar-refractivity contribution in [3.05, 3.63) is 60.7 Å². The third-order valence-electron chi connectivity index (χ3n) is 2.19. The van der Waals surface area contributed by atoms with Gasteiger partial charge in [-0.2, -0.15) is 0 Å². The van der Waals surface area contributed by atoms with Gasteiger partial charge in [-0.05, 0) is 24.1 Å². The van der Waals surface area contributed by atoms with Crippen LogP contribution in [0.1, 0.15) is 18.9 Å². The van der Waals surface area contributed by atoms with Gasteiger partial charge in [-0.3, -0.25) is 0 Å². The summed E-state index contributed by atoms with van der Waals surface area (Å²) in [7, 11) is 0. The van der Waals surface area contributed by atoms with E-state index < -0.39 is 0 Å². The van der Waals surface area contributed by atoms with Gasteiger partial charge in [0.2, 0.25) is 0 Å². The minimum absolute atomic E-state index is 1.08. The Hall–Kier alpha value is -1.56. The average Bonchev–Trinajstić information content (AvgIpc) is 2.29. The van der Waals surface area contributed by atoms with Crippen molar-refractivity contribution in [2.45, 2.75) is 20.3 Å². The number of allylic oxidation sites excluding steroid dienone is 1. The van der Waals surface area contributed by atoms with E-state index in [9.17, 15) is 0 Å². The Morgan fingerprint density at radius 1 is 1.07 bits per heavy atom. The molecule has 0 heteroatoms. The highest BCUT2D eigenvalue weighted by atomic mass is 13.9. The summed E-state index contributed by atoms with van der Waals surface area (Å²) in [5.74, 6) is 0. The van der Waals surface area contributed by atoms with E-state index in [0.29, 0.717) is 0 Å². The first-order valence-electron chi connectivity index (χ1n) is 5.34. The minimum atomic E-state index is 1.08. The highest BCUT2D eigenvalue weighted by Crippen LogP contribution is 2.14. The summed E-state index contributed by atoms with van der Waals surface area (Å²) in [5.41, 5.74) is 1.32. The lowest BCUT2D eigenvalue weighted by molar-refractivity contribution is 1.23. The second-order valence-corrected chi connectivity index (χ2v) is 3.55. The molecule has 0 aliphatic rings. The molecule has 0 aromatic heterocycles. The molecule has 2 rings (SSSR count). The smallest absolute Gasteiger partial charge is 0.0181 e. The van der Waals surface area contributed by atoms with Gasteiger partial charge >= 0.3 is 0 Å². The van der Waals surface area contributed by atoms with E-state index in [2.05, 4.69) is 62.9 Å². The topological polar surface area (TPSA) is 0 Å². The van der Waals surface area contributed by atoms with Gasteiger partial charge in [-0.15, -0.1) is 6.58 Å². The maximum absolute atomic E-state index is 3.48. The van der Waals surface area contributed by atoms with Gasteiger partial charge in [0.25, 0.3) is 0 Å². The van der Waals surface area contributed by atoms with Crippen molar-refractivity contribution in [3.8, 4) is 0 Å². The van der Waals surface area contributed by atoms with E-state index in [-0.39, 0.29) is 0 Å². The summed E-state index contributed by atoms with van der Waals surface area (Å²) in [6.07, 6.45) is 2.96. The first-order chi connectivity index (χ1) is 7.27. The van der Waals surface area contributed by atoms with E-state index in [1.165, 1.54) is 16.3 Å². The van der Waals surface area contributed by atoms with Gasteiger partial charge in [0.15, 0.2) is 0 Å². The third kappa shape index (κ3) is 3.59. The summed E-state index contributed by atoms with van der Waals surface area (Å²) in [4.78, 5) is 0. The van der Waals surface area contributed by atoms with E-state index in [4.69, 9.17) is 0 Å². The highest BCUT2D eigenvalue weighted by molar-refractivity contribution is 5.82. The van der Waals surface area contributed by atoms with Crippen LogP contribution in [0.5, 0.6) is 0 Å².